The van der Waals surface area contributed by atoms with Gasteiger partial charge in [0, 0.05) is 43.0 Å². The van der Waals surface area contributed by atoms with Crippen molar-refractivity contribution in [3.8, 4) is 11.4 Å². The van der Waals surface area contributed by atoms with Crippen LogP contribution in [0.4, 0.5) is 11.8 Å². The van der Waals surface area contributed by atoms with Crippen molar-refractivity contribution in [2.45, 2.75) is 0 Å². The van der Waals surface area contributed by atoms with E-state index < -0.39 is 0 Å². The van der Waals surface area contributed by atoms with Crippen molar-refractivity contribution >= 4 is 23.4 Å². The van der Waals surface area contributed by atoms with E-state index in [-0.39, 0.29) is 0 Å². The number of aromatic nitrogens is 3. The van der Waals surface area contributed by atoms with E-state index in [1.165, 1.54) is 0 Å². The molecule has 1 saturated heterocycles. The molecule has 122 valence electrons. The van der Waals surface area contributed by atoms with Crippen LogP contribution in [0.1, 0.15) is 0 Å². The number of nitrogens with zero attached hydrogens (tertiary/aromatic N) is 5. The molecule has 0 N–H and O–H groups in total. The SMILES string of the molecule is Clc1cccc(-c2noc(N3CCN(c4ccccn4)CC3)n2)c1. The molecule has 1 aliphatic rings. The van der Waals surface area contributed by atoms with E-state index in [0.717, 1.165) is 37.6 Å². The second-order valence-corrected chi connectivity index (χ2v) is 6.01. The maximum absolute atomic E-state index is 6.02. The minimum Gasteiger partial charge on any atom is -0.353 e. The first-order valence-electron chi connectivity index (χ1n) is 7.80. The molecule has 3 aromatic rings. The van der Waals surface area contributed by atoms with Gasteiger partial charge in [-0.05, 0) is 24.3 Å². The summed E-state index contributed by atoms with van der Waals surface area (Å²) in [7, 11) is 0. The van der Waals surface area contributed by atoms with E-state index in [2.05, 4.69) is 24.9 Å². The summed E-state index contributed by atoms with van der Waals surface area (Å²) in [5.41, 5.74) is 0.852. The summed E-state index contributed by atoms with van der Waals surface area (Å²) in [6.45, 7) is 3.36. The molecule has 0 radical (unpaired) electrons. The Hall–Kier alpha value is -2.60. The summed E-state index contributed by atoms with van der Waals surface area (Å²) < 4.78 is 5.43. The van der Waals surface area contributed by atoms with Gasteiger partial charge in [0.1, 0.15) is 5.82 Å². The van der Waals surface area contributed by atoms with Crippen molar-refractivity contribution in [1.82, 2.24) is 15.1 Å². The summed E-state index contributed by atoms with van der Waals surface area (Å²) in [5.74, 6) is 1.56. The van der Waals surface area contributed by atoms with Crippen LogP contribution >= 0.6 is 11.6 Å². The van der Waals surface area contributed by atoms with E-state index in [4.69, 9.17) is 16.1 Å². The lowest BCUT2D eigenvalue weighted by Crippen LogP contribution is -2.47. The fourth-order valence-electron chi connectivity index (χ4n) is 2.76. The number of halogens is 1. The molecule has 4 rings (SSSR count). The lowest BCUT2D eigenvalue weighted by atomic mass is 10.2. The van der Waals surface area contributed by atoms with Crippen molar-refractivity contribution in [3.63, 3.8) is 0 Å². The van der Waals surface area contributed by atoms with Crippen molar-refractivity contribution in [2.75, 3.05) is 36.0 Å². The zero-order valence-electron chi connectivity index (χ0n) is 13.0. The zero-order chi connectivity index (χ0) is 16.4. The molecule has 7 heteroatoms. The van der Waals surface area contributed by atoms with E-state index in [9.17, 15) is 0 Å². The molecule has 0 unspecified atom stereocenters. The van der Waals surface area contributed by atoms with Gasteiger partial charge < -0.3 is 14.3 Å². The van der Waals surface area contributed by atoms with Gasteiger partial charge in [-0.1, -0.05) is 35.0 Å². The van der Waals surface area contributed by atoms with Crippen molar-refractivity contribution in [2.24, 2.45) is 0 Å². The first kappa shape index (κ1) is 15.0. The number of piperazine rings is 1. The number of benzene rings is 1. The summed E-state index contributed by atoms with van der Waals surface area (Å²) >= 11 is 6.02. The summed E-state index contributed by atoms with van der Waals surface area (Å²) in [4.78, 5) is 13.2. The van der Waals surface area contributed by atoms with Gasteiger partial charge in [0.25, 0.3) is 0 Å². The molecule has 2 aromatic heterocycles. The van der Waals surface area contributed by atoms with Gasteiger partial charge in [-0.25, -0.2) is 4.98 Å². The van der Waals surface area contributed by atoms with Crippen LogP contribution in [0.15, 0.2) is 53.2 Å². The Morgan fingerprint density at radius 3 is 2.54 bits per heavy atom. The molecule has 3 heterocycles. The molecule has 24 heavy (non-hydrogen) atoms. The molecule has 6 nitrogen and oxygen atoms in total. The quantitative estimate of drug-likeness (QED) is 0.729. The molecular formula is C17H16ClN5O. The van der Waals surface area contributed by atoms with Gasteiger partial charge in [-0.3, -0.25) is 0 Å². The number of rotatable bonds is 3. The van der Waals surface area contributed by atoms with Crippen LogP contribution in [0, 0.1) is 0 Å². The van der Waals surface area contributed by atoms with E-state index in [1.54, 1.807) is 0 Å². The Balaban J connectivity index is 1.45. The predicted octanol–water partition coefficient (Wildman–Crippen LogP) is 3.11. The molecule has 0 amide bonds. The number of pyridine rings is 1. The molecule has 1 fully saturated rings. The highest BCUT2D eigenvalue weighted by atomic mass is 35.5. The van der Waals surface area contributed by atoms with Crippen LogP contribution in [-0.4, -0.2) is 41.3 Å². The monoisotopic (exact) mass is 341 g/mol. The first-order chi connectivity index (χ1) is 11.8. The van der Waals surface area contributed by atoms with E-state index >= 15 is 0 Å². The Kier molecular flexibility index (Phi) is 4.04. The maximum Gasteiger partial charge on any atom is 0.324 e. The lowest BCUT2D eigenvalue weighted by Gasteiger charge is -2.34. The summed E-state index contributed by atoms with van der Waals surface area (Å²) in [6.07, 6.45) is 1.82. The Labute approximate surface area is 144 Å². The van der Waals surface area contributed by atoms with Crippen LogP contribution in [0.5, 0.6) is 0 Å². The standard InChI is InChI=1S/C17H16ClN5O/c18-14-5-3-4-13(12-14)16-20-17(24-21-16)23-10-8-22(9-11-23)15-6-1-2-7-19-15/h1-7,12H,8-11H2. The smallest absolute Gasteiger partial charge is 0.324 e. The number of anilines is 2. The highest BCUT2D eigenvalue weighted by Gasteiger charge is 2.22. The van der Waals surface area contributed by atoms with Crippen LogP contribution in [0.25, 0.3) is 11.4 Å². The lowest BCUT2D eigenvalue weighted by molar-refractivity contribution is 0.409. The average molecular weight is 342 g/mol. The van der Waals surface area contributed by atoms with Gasteiger partial charge in [0.2, 0.25) is 5.82 Å². The average Bonchev–Trinajstić information content (AvgIpc) is 3.13. The van der Waals surface area contributed by atoms with Crippen molar-refractivity contribution in [1.29, 1.82) is 0 Å². The topological polar surface area (TPSA) is 58.3 Å². The molecule has 0 bridgehead atoms. The third-order valence-electron chi connectivity index (χ3n) is 4.02. The minimum atomic E-state index is 0.547. The van der Waals surface area contributed by atoms with Crippen molar-refractivity contribution < 1.29 is 4.52 Å². The largest absolute Gasteiger partial charge is 0.353 e. The normalized spacial score (nSPS) is 14.9. The molecule has 1 aromatic carbocycles. The maximum atomic E-state index is 6.02. The Morgan fingerprint density at radius 1 is 0.958 bits per heavy atom. The minimum absolute atomic E-state index is 0.547. The van der Waals surface area contributed by atoms with E-state index in [1.807, 2.05) is 48.7 Å². The van der Waals surface area contributed by atoms with Gasteiger partial charge in [0.05, 0.1) is 0 Å². The van der Waals surface area contributed by atoms with Crippen molar-refractivity contribution in [3.05, 3.63) is 53.7 Å². The van der Waals surface area contributed by atoms with Gasteiger partial charge >= 0.3 is 6.01 Å². The molecule has 0 atom stereocenters. The van der Waals surface area contributed by atoms with Gasteiger partial charge in [-0.2, -0.15) is 4.98 Å². The van der Waals surface area contributed by atoms with Gasteiger partial charge in [0.15, 0.2) is 0 Å². The highest BCUT2D eigenvalue weighted by Crippen LogP contribution is 2.23. The Bertz CT molecular complexity index is 815. The van der Waals surface area contributed by atoms with Crippen LogP contribution in [0.2, 0.25) is 5.02 Å². The van der Waals surface area contributed by atoms with Crippen LogP contribution in [-0.2, 0) is 0 Å². The summed E-state index contributed by atoms with van der Waals surface area (Å²) in [5, 5.41) is 4.72. The number of hydrogen-bond acceptors (Lipinski definition) is 6. The molecule has 0 aliphatic carbocycles. The van der Waals surface area contributed by atoms with Crippen LogP contribution < -0.4 is 9.80 Å². The molecular weight excluding hydrogens is 326 g/mol. The highest BCUT2D eigenvalue weighted by molar-refractivity contribution is 6.30. The fraction of sp³-hybridized carbons (Fsp3) is 0.235. The summed E-state index contributed by atoms with van der Waals surface area (Å²) in [6, 6.07) is 13.9. The first-order valence-corrected chi connectivity index (χ1v) is 8.18. The molecule has 1 aliphatic heterocycles. The van der Waals surface area contributed by atoms with Crippen LogP contribution in [0.3, 0.4) is 0 Å². The molecule has 0 saturated carbocycles. The Morgan fingerprint density at radius 2 is 1.79 bits per heavy atom. The number of hydrogen-bond donors (Lipinski definition) is 0. The second-order valence-electron chi connectivity index (χ2n) is 5.57. The zero-order valence-corrected chi connectivity index (χ0v) is 13.7. The predicted molar refractivity (Wildman–Crippen MR) is 93.4 cm³/mol. The van der Waals surface area contributed by atoms with E-state index in [0.29, 0.717) is 16.9 Å². The fourth-order valence-corrected chi connectivity index (χ4v) is 2.95. The third-order valence-corrected chi connectivity index (χ3v) is 4.26. The second kappa shape index (κ2) is 6.49. The third kappa shape index (κ3) is 3.05. The molecule has 0 spiro atoms. The van der Waals surface area contributed by atoms with Gasteiger partial charge in [-0.15, -0.1) is 0 Å².